The smallest absolute Gasteiger partial charge is 0.217 e. The molecule has 6 nitrogen and oxygen atoms in total. The lowest BCUT2D eigenvalue weighted by Crippen LogP contribution is -2.55. The predicted molar refractivity (Wildman–Crippen MR) is 128 cm³/mol. The molecule has 2 aromatic carbocycles. The van der Waals surface area contributed by atoms with E-state index in [1.165, 1.54) is 14.2 Å². The van der Waals surface area contributed by atoms with Crippen molar-refractivity contribution < 1.29 is 23.7 Å². The van der Waals surface area contributed by atoms with Gasteiger partial charge >= 0.3 is 0 Å². The van der Waals surface area contributed by atoms with Gasteiger partial charge in [0.1, 0.15) is 28.2 Å². The predicted octanol–water partition coefficient (Wildman–Crippen LogP) is 5.52. The highest BCUT2D eigenvalue weighted by atomic mass is 35.5. The molecule has 2 aliphatic rings. The second-order valence-corrected chi connectivity index (χ2v) is 9.17. The third-order valence-corrected chi connectivity index (χ3v) is 7.11. The number of benzene rings is 2. The summed E-state index contributed by atoms with van der Waals surface area (Å²) in [5, 5.41) is 0.241. The number of carbonyl (C=O) groups excluding carboxylic acids is 1. The van der Waals surface area contributed by atoms with Crippen LogP contribution in [0, 0.1) is 12.8 Å². The Bertz CT molecular complexity index is 1260. The van der Waals surface area contributed by atoms with Crippen LogP contribution in [0.25, 0.3) is 0 Å². The molecule has 2 heterocycles. The van der Waals surface area contributed by atoms with Crippen molar-refractivity contribution in [2.24, 2.45) is 5.92 Å². The van der Waals surface area contributed by atoms with Crippen LogP contribution in [0.15, 0.2) is 48.5 Å². The number of halogens is 1. The van der Waals surface area contributed by atoms with Gasteiger partial charge in [0.25, 0.3) is 0 Å². The van der Waals surface area contributed by atoms with Crippen LogP contribution in [-0.2, 0) is 17.8 Å². The van der Waals surface area contributed by atoms with Crippen molar-refractivity contribution >= 4 is 17.4 Å². The number of methoxy groups -OCH3 is 2. The number of ether oxygens (including phenoxy) is 4. The highest BCUT2D eigenvalue weighted by Gasteiger charge is 2.62. The summed E-state index contributed by atoms with van der Waals surface area (Å²) in [6.45, 7) is 4.26. The summed E-state index contributed by atoms with van der Waals surface area (Å²) in [7, 11) is 3.02. The lowest BCUT2D eigenvalue weighted by Gasteiger charge is -2.43. The summed E-state index contributed by atoms with van der Waals surface area (Å²) in [4.78, 5) is 19.0. The van der Waals surface area contributed by atoms with Crippen LogP contribution < -0.4 is 14.2 Å². The molecule has 1 aliphatic heterocycles. The molecule has 1 aliphatic carbocycles. The van der Waals surface area contributed by atoms with E-state index in [4.69, 9.17) is 35.5 Å². The molecule has 0 saturated carbocycles. The first kappa shape index (κ1) is 22.7. The Balaban J connectivity index is 1.66. The first-order chi connectivity index (χ1) is 16.4. The standard InChI is InChI=1S/C27H26ClNO5/c1-15-12-19-18(11-10-16(2)29-19)26(33-14-17-8-6-5-7-9-17)27(15)25(30)22-20(31-3)13-21(32-4)23(28)24(22)34-27/h5-11,13,15,26H,12,14H2,1-4H3/t15-,26?,27-/m1/s1. The van der Waals surface area contributed by atoms with Crippen molar-refractivity contribution in [2.45, 2.75) is 38.6 Å². The Kier molecular flexibility index (Phi) is 5.74. The monoisotopic (exact) mass is 479 g/mol. The molecular formula is C27H26ClNO5. The molecule has 1 spiro atoms. The fourth-order valence-electron chi connectivity index (χ4n) is 5.04. The number of pyridine rings is 1. The van der Waals surface area contributed by atoms with Crippen LogP contribution in [0.2, 0.25) is 5.02 Å². The largest absolute Gasteiger partial charge is 0.496 e. The van der Waals surface area contributed by atoms with E-state index in [0.717, 1.165) is 22.5 Å². The second kappa shape index (κ2) is 8.60. The topological polar surface area (TPSA) is 66.9 Å². The number of fused-ring (bicyclic) bond motifs is 2. The third-order valence-electron chi connectivity index (χ3n) is 6.76. The zero-order valence-corrected chi connectivity index (χ0v) is 20.3. The highest BCUT2D eigenvalue weighted by Crippen LogP contribution is 2.57. The van der Waals surface area contributed by atoms with E-state index in [-0.39, 0.29) is 22.5 Å². The van der Waals surface area contributed by atoms with E-state index in [2.05, 4.69) is 0 Å². The quantitative estimate of drug-likeness (QED) is 0.479. The van der Waals surface area contributed by atoms with Crippen molar-refractivity contribution in [1.29, 1.82) is 0 Å². The number of aryl methyl sites for hydroxylation is 1. The highest BCUT2D eigenvalue weighted by molar-refractivity contribution is 6.35. The molecule has 1 aromatic heterocycles. The third kappa shape index (κ3) is 3.36. The summed E-state index contributed by atoms with van der Waals surface area (Å²) >= 11 is 6.63. The number of ketones is 1. The van der Waals surface area contributed by atoms with Crippen LogP contribution in [-0.4, -0.2) is 30.6 Å². The van der Waals surface area contributed by atoms with Gasteiger partial charge in [-0.15, -0.1) is 0 Å². The Hall–Kier alpha value is -3.09. The molecule has 3 atom stereocenters. The van der Waals surface area contributed by atoms with E-state index in [0.29, 0.717) is 30.1 Å². The normalized spacial score (nSPS) is 22.8. The number of Topliss-reactive ketones (excluding diaryl/α,β-unsaturated/α-hetero) is 1. The Morgan fingerprint density at radius 2 is 1.85 bits per heavy atom. The van der Waals surface area contributed by atoms with Gasteiger partial charge in [-0.2, -0.15) is 0 Å². The number of carbonyl (C=O) groups is 1. The minimum absolute atomic E-state index is 0.208. The van der Waals surface area contributed by atoms with Gasteiger partial charge in [-0.3, -0.25) is 9.78 Å². The molecule has 7 heteroatoms. The van der Waals surface area contributed by atoms with Crippen LogP contribution in [0.5, 0.6) is 17.2 Å². The lowest BCUT2D eigenvalue weighted by atomic mass is 9.70. The minimum Gasteiger partial charge on any atom is -0.496 e. The van der Waals surface area contributed by atoms with Crippen molar-refractivity contribution in [2.75, 3.05) is 14.2 Å². The average Bonchev–Trinajstić information content (AvgIpc) is 3.15. The second-order valence-electron chi connectivity index (χ2n) is 8.79. The Morgan fingerprint density at radius 1 is 1.12 bits per heavy atom. The van der Waals surface area contributed by atoms with E-state index in [1.807, 2.05) is 56.3 Å². The fourth-order valence-corrected chi connectivity index (χ4v) is 5.30. The first-order valence-corrected chi connectivity index (χ1v) is 11.6. The Labute approximate surface area is 203 Å². The molecule has 0 N–H and O–H groups in total. The molecule has 34 heavy (non-hydrogen) atoms. The van der Waals surface area contributed by atoms with E-state index >= 15 is 0 Å². The van der Waals surface area contributed by atoms with Gasteiger partial charge in [0.05, 0.1) is 20.8 Å². The number of rotatable bonds is 5. The van der Waals surface area contributed by atoms with Crippen LogP contribution >= 0.6 is 11.6 Å². The summed E-state index contributed by atoms with van der Waals surface area (Å²) in [6.07, 6.45) is -0.120. The van der Waals surface area contributed by atoms with Crippen LogP contribution in [0.4, 0.5) is 0 Å². The van der Waals surface area contributed by atoms with E-state index < -0.39 is 11.7 Å². The zero-order valence-electron chi connectivity index (χ0n) is 19.6. The summed E-state index contributed by atoms with van der Waals surface area (Å²) in [5.41, 5.74) is 2.68. The van der Waals surface area contributed by atoms with Gasteiger partial charge in [-0.25, -0.2) is 0 Å². The molecule has 0 amide bonds. The van der Waals surface area contributed by atoms with Gasteiger partial charge in [0.15, 0.2) is 5.75 Å². The van der Waals surface area contributed by atoms with Crippen molar-refractivity contribution in [1.82, 2.24) is 4.98 Å². The Morgan fingerprint density at radius 3 is 2.56 bits per heavy atom. The van der Waals surface area contributed by atoms with Gasteiger partial charge in [-0.05, 0) is 25.0 Å². The number of nitrogens with zero attached hydrogens (tertiary/aromatic N) is 1. The molecule has 0 radical (unpaired) electrons. The molecule has 1 unspecified atom stereocenters. The number of hydrogen-bond donors (Lipinski definition) is 0. The van der Waals surface area contributed by atoms with Crippen molar-refractivity contribution in [3.8, 4) is 17.2 Å². The van der Waals surface area contributed by atoms with E-state index in [1.54, 1.807) is 6.07 Å². The average molecular weight is 480 g/mol. The fraction of sp³-hybridized carbons (Fsp3) is 0.333. The van der Waals surface area contributed by atoms with Crippen LogP contribution in [0.1, 0.15) is 45.9 Å². The first-order valence-electron chi connectivity index (χ1n) is 11.2. The zero-order chi connectivity index (χ0) is 24.0. The molecule has 0 bridgehead atoms. The van der Waals surface area contributed by atoms with Crippen molar-refractivity contribution in [3.05, 3.63) is 81.6 Å². The SMILES string of the molecule is COc1cc(OC)c2c(c1Cl)O[C@]1(C2=O)C(OCc2ccccc2)c2ccc(C)nc2C[C@H]1C. The van der Waals surface area contributed by atoms with Crippen molar-refractivity contribution in [3.63, 3.8) is 0 Å². The number of aromatic nitrogens is 1. The maximum atomic E-state index is 14.2. The van der Waals surface area contributed by atoms with Gasteiger partial charge in [0.2, 0.25) is 11.4 Å². The summed E-state index contributed by atoms with van der Waals surface area (Å²) in [5.74, 6) is 0.568. The lowest BCUT2D eigenvalue weighted by molar-refractivity contribution is -0.105. The molecule has 3 aromatic rings. The summed E-state index contributed by atoms with van der Waals surface area (Å²) in [6, 6.07) is 15.4. The molecule has 0 fully saturated rings. The summed E-state index contributed by atoms with van der Waals surface area (Å²) < 4.78 is 24.0. The molecular weight excluding hydrogens is 454 g/mol. The van der Waals surface area contributed by atoms with Gasteiger partial charge < -0.3 is 18.9 Å². The van der Waals surface area contributed by atoms with Gasteiger partial charge in [-0.1, -0.05) is 54.9 Å². The maximum Gasteiger partial charge on any atom is 0.217 e. The molecule has 176 valence electrons. The molecule has 5 rings (SSSR count). The van der Waals surface area contributed by atoms with Crippen LogP contribution in [0.3, 0.4) is 0 Å². The molecule has 0 saturated heterocycles. The number of hydrogen-bond acceptors (Lipinski definition) is 6. The van der Waals surface area contributed by atoms with E-state index in [9.17, 15) is 4.79 Å². The van der Waals surface area contributed by atoms with Gasteiger partial charge in [0, 0.05) is 28.9 Å². The minimum atomic E-state index is -1.32. The maximum absolute atomic E-state index is 14.2.